The first-order valence-electron chi connectivity index (χ1n) is 5.82. The zero-order valence-electron chi connectivity index (χ0n) is 10.3. The van der Waals surface area contributed by atoms with Crippen LogP contribution in [0.15, 0.2) is 18.2 Å². The number of nitro groups is 1. The zero-order valence-corrected chi connectivity index (χ0v) is 10.3. The van der Waals surface area contributed by atoms with Crippen molar-refractivity contribution in [2.24, 2.45) is 0 Å². The van der Waals surface area contributed by atoms with Gasteiger partial charge in [0, 0.05) is 12.1 Å². The van der Waals surface area contributed by atoms with Crippen molar-refractivity contribution in [3.63, 3.8) is 0 Å². The lowest BCUT2D eigenvalue weighted by Gasteiger charge is -2.16. The second-order valence-corrected chi connectivity index (χ2v) is 4.20. The number of fused-ring (bicyclic) bond motifs is 1. The van der Waals surface area contributed by atoms with Crippen LogP contribution in [0.1, 0.15) is 25.2 Å². The number of rotatable bonds is 4. The van der Waals surface area contributed by atoms with E-state index in [1.165, 1.54) is 12.1 Å². The maximum absolute atomic E-state index is 10.7. The monoisotopic (exact) mass is 249 g/mol. The van der Waals surface area contributed by atoms with Crippen LogP contribution in [0, 0.1) is 17.0 Å². The average molecular weight is 249 g/mol. The lowest BCUT2D eigenvalue weighted by Crippen LogP contribution is -2.13. The smallest absolute Gasteiger partial charge is 0.271 e. The van der Waals surface area contributed by atoms with E-state index in [2.05, 4.69) is 4.98 Å². The van der Waals surface area contributed by atoms with Crippen LogP contribution in [0.3, 0.4) is 0 Å². The van der Waals surface area contributed by atoms with Gasteiger partial charge in [-0.15, -0.1) is 0 Å². The summed E-state index contributed by atoms with van der Waals surface area (Å²) >= 11 is 0. The molecule has 0 saturated carbocycles. The minimum absolute atomic E-state index is 0.0276. The number of imidazole rings is 1. The van der Waals surface area contributed by atoms with Crippen LogP contribution in [0.4, 0.5) is 5.69 Å². The van der Waals surface area contributed by atoms with E-state index in [0.29, 0.717) is 5.52 Å². The number of benzene rings is 1. The summed E-state index contributed by atoms with van der Waals surface area (Å²) in [6.45, 7) is 3.85. The number of non-ortho nitro benzene ring substituents is 1. The van der Waals surface area contributed by atoms with Gasteiger partial charge in [0.15, 0.2) is 0 Å². The summed E-state index contributed by atoms with van der Waals surface area (Å²) in [6.07, 6.45) is 0.778. The Balaban J connectivity index is 2.62. The summed E-state index contributed by atoms with van der Waals surface area (Å²) in [6, 6.07) is 4.56. The van der Waals surface area contributed by atoms with Crippen LogP contribution in [0.25, 0.3) is 11.0 Å². The van der Waals surface area contributed by atoms with E-state index in [9.17, 15) is 15.2 Å². The van der Waals surface area contributed by atoms with Crippen LogP contribution < -0.4 is 0 Å². The van der Waals surface area contributed by atoms with Gasteiger partial charge in [-0.25, -0.2) is 4.98 Å². The normalized spacial score (nSPS) is 12.8. The highest BCUT2D eigenvalue weighted by molar-refractivity contribution is 5.78. The third kappa shape index (κ3) is 1.95. The van der Waals surface area contributed by atoms with Crippen LogP contribution in [-0.4, -0.2) is 26.2 Å². The Labute approximate surface area is 104 Å². The predicted octanol–water partition coefficient (Wildman–Crippen LogP) is 2.20. The molecule has 0 aliphatic heterocycles. The summed E-state index contributed by atoms with van der Waals surface area (Å²) in [5, 5.41) is 20.1. The molecule has 0 aliphatic rings. The van der Waals surface area contributed by atoms with Crippen molar-refractivity contribution in [1.29, 1.82) is 0 Å². The molecule has 2 aromatic rings. The molecule has 1 aromatic heterocycles. The minimum atomic E-state index is -0.433. The van der Waals surface area contributed by atoms with E-state index in [4.69, 9.17) is 0 Å². The van der Waals surface area contributed by atoms with E-state index in [0.717, 1.165) is 17.8 Å². The lowest BCUT2D eigenvalue weighted by molar-refractivity contribution is -0.384. The molecule has 0 unspecified atom stereocenters. The average Bonchev–Trinajstić information content (AvgIpc) is 2.67. The predicted molar refractivity (Wildman–Crippen MR) is 67.5 cm³/mol. The number of aliphatic hydroxyl groups is 1. The standard InChI is InChI=1S/C12H15N3O3/c1-3-9(7-16)14-8(2)13-11-6-10(15(17)18)4-5-12(11)14/h4-6,9,16H,3,7H2,1-2H3/t9-/m1/s1. The Morgan fingerprint density at radius 2 is 2.28 bits per heavy atom. The number of nitrogens with zero attached hydrogens (tertiary/aromatic N) is 3. The molecule has 1 atom stereocenters. The van der Waals surface area contributed by atoms with Gasteiger partial charge in [-0.3, -0.25) is 10.1 Å². The molecule has 2 rings (SSSR count). The zero-order chi connectivity index (χ0) is 13.3. The number of nitro benzene ring substituents is 1. The van der Waals surface area contributed by atoms with Gasteiger partial charge in [0.05, 0.1) is 28.6 Å². The van der Waals surface area contributed by atoms with E-state index < -0.39 is 4.92 Å². The lowest BCUT2D eigenvalue weighted by atomic mass is 10.2. The molecule has 0 amide bonds. The maximum atomic E-state index is 10.7. The number of aliphatic hydroxyl groups excluding tert-OH is 1. The molecule has 0 saturated heterocycles. The van der Waals surface area contributed by atoms with E-state index in [1.54, 1.807) is 6.07 Å². The molecule has 0 aliphatic carbocycles. The third-order valence-electron chi connectivity index (χ3n) is 3.11. The van der Waals surface area contributed by atoms with Crippen LogP contribution in [-0.2, 0) is 0 Å². The van der Waals surface area contributed by atoms with Crippen molar-refractivity contribution >= 4 is 16.7 Å². The van der Waals surface area contributed by atoms with Crippen molar-refractivity contribution in [2.45, 2.75) is 26.3 Å². The van der Waals surface area contributed by atoms with Crippen molar-refractivity contribution < 1.29 is 10.0 Å². The van der Waals surface area contributed by atoms with Crippen LogP contribution >= 0.6 is 0 Å². The Bertz CT molecular complexity index is 588. The van der Waals surface area contributed by atoms with Gasteiger partial charge >= 0.3 is 0 Å². The fraction of sp³-hybridized carbons (Fsp3) is 0.417. The fourth-order valence-electron chi connectivity index (χ4n) is 2.18. The van der Waals surface area contributed by atoms with E-state index >= 15 is 0 Å². The van der Waals surface area contributed by atoms with Gasteiger partial charge < -0.3 is 9.67 Å². The summed E-state index contributed by atoms with van der Waals surface area (Å²) in [7, 11) is 0. The van der Waals surface area contributed by atoms with E-state index in [-0.39, 0.29) is 18.3 Å². The Kier molecular flexibility index (Phi) is 3.29. The second-order valence-electron chi connectivity index (χ2n) is 4.20. The molecule has 6 heteroatoms. The first-order chi connectivity index (χ1) is 8.58. The second kappa shape index (κ2) is 4.73. The molecule has 0 spiro atoms. The largest absolute Gasteiger partial charge is 0.394 e. The molecule has 18 heavy (non-hydrogen) atoms. The van der Waals surface area contributed by atoms with E-state index in [1.807, 2.05) is 18.4 Å². The summed E-state index contributed by atoms with van der Waals surface area (Å²) in [5.74, 6) is 0.756. The van der Waals surface area contributed by atoms with Gasteiger partial charge in [0.25, 0.3) is 5.69 Å². The highest BCUT2D eigenvalue weighted by Gasteiger charge is 2.17. The number of hydrogen-bond donors (Lipinski definition) is 1. The van der Waals surface area contributed by atoms with Gasteiger partial charge in [-0.05, 0) is 19.4 Å². The summed E-state index contributed by atoms with van der Waals surface area (Å²) in [5.41, 5.74) is 1.44. The molecular weight excluding hydrogens is 234 g/mol. The molecule has 0 fully saturated rings. The third-order valence-corrected chi connectivity index (χ3v) is 3.11. The minimum Gasteiger partial charge on any atom is -0.394 e. The van der Waals surface area contributed by atoms with Crippen LogP contribution in [0.2, 0.25) is 0 Å². The molecule has 1 heterocycles. The summed E-state index contributed by atoms with van der Waals surface area (Å²) < 4.78 is 1.93. The van der Waals surface area contributed by atoms with Crippen LogP contribution in [0.5, 0.6) is 0 Å². The first-order valence-corrected chi connectivity index (χ1v) is 5.82. The number of hydrogen-bond acceptors (Lipinski definition) is 4. The van der Waals surface area contributed by atoms with Gasteiger partial charge in [0.2, 0.25) is 0 Å². The fourth-order valence-corrected chi connectivity index (χ4v) is 2.18. The van der Waals surface area contributed by atoms with Gasteiger partial charge in [0.1, 0.15) is 5.82 Å². The summed E-state index contributed by atoms with van der Waals surface area (Å²) in [4.78, 5) is 14.6. The van der Waals surface area contributed by atoms with Gasteiger partial charge in [-0.2, -0.15) is 0 Å². The van der Waals surface area contributed by atoms with Crippen molar-refractivity contribution in [1.82, 2.24) is 9.55 Å². The topological polar surface area (TPSA) is 81.2 Å². The molecule has 0 radical (unpaired) electrons. The molecule has 0 bridgehead atoms. The highest BCUT2D eigenvalue weighted by Crippen LogP contribution is 2.25. The molecule has 96 valence electrons. The Hall–Kier alpha value is -1.95. The maximum Gasteiger partial charge on any atom is 0.271 e. The number of aromatic nitrogens is 2. The Morgan fingerprint density at radius 3 is 2.83 bits per heavy atom. The first kappa shape index (κ1) is 12.5. The van der Waals surface area contributed by atoms with Crippen molar-refractivity contribution in [2.75, 3.05) is 6.61 Å². The molecule has 1 aromatic carbocycles. The highest BCUT2D eigenvalue weighted by atomic mass is 16.6. The molecule has 6 nitrogen and oxygen atoms in total. The van der Waals surface area contributed by atoms with Crippen molar-refractivity contribution in [3.8, 4) is 0 Å². The molecule has 1 N–H and O–H groups in total. The quantitative estimate of drug-likeness (QED) is 0.665. The molecular formula is C12H15N3O3. The number of aryl methyl sites for hydroxylation is 1. The van der Waals surface area contributed by atoms with Crippen molar-refractivity contribution in [3.05, 3.63) is 34.1 Å². The van der Waals surface area contributed by atoms with Gasteiger partial charge in [-0.1, -0.05) is 6.92 Å². The Morgan fingerprint density at radius 1 is 1.56 bits per heavy atom. The SMILES string of the molecule is CC[C@H](CO)n1c(C)nc2cc([N+](=O)[O-])ccc21.